The summed E-state index contributed by atoms with van der Waals surface area (Å²) in [6.45, 7) is 6.57. The van der Waals surface area contributed by atoms with Crippen molar-refractivity contribution < 1.29 is 9.53 Å². The molecule has 3 aromatic rings. The van der Waals surface area contributed by atoms with E-state index in [0.717, 1.165) is 4.90 Å². The molecule has 0 saturated heterocycles. The van der Waals surface area contributed by atoms with Crippen molar-refractivity contribution >= 4 is 29.5 Å². The highest BCUT2D eigenvalue weighted by Crippen LogP contribution is 2.27. The average Bonchev–Trinajstić information content (AvgIpc) is 3.18. The fraction of sp³-hybridized carbons (Fsp3) is 0.273. The van der Waals surface area contributed by atoms with Gasteiger partial charge in [-0.3, -0.25) is 0 Å². The first-order valence-electron chi connectivity index (χ1n) is 9.12. The zero-order valence-corrected chi connectivity index (χ0v) is 17.8. The molecule has 0 bridgehead atoms. The Hall–Kier alpha value is -2.24. The second-order valence-corrected chi connectivity index (χ2v) is 8.19. The van der Waals surface area contributed by atoms with Crippen LogP contribution in [0.1, 0.15) is 35.4 Å². The van der Waals surface area contributed by atoms with E-state index in [1.165, 1.54) is 21.3 Å². The molecule has 0 fully saturated rings. The van der Waals surface area contributed by atoms with Crippen LogP contribution in [-0.4, -0.2) is 28.0 Å². The van der Waals surface area contributed by atoms with E-state index < -0.39 is 6.09 Å². The van der Waals surface area contributed by atoms with Crippen LogP contribution in [0.25, 0.3) is 0 Å². The SMILES string of the molecule is Cc1cccc([C@H](C)c2nccn2C(=O)OCCSc2ccc(Cl)cc2)c1C. The molecular formula is C22H23ClN2O2S. The summed E-state index contributed by atoms with van der Waals surface area (Å²) in [4.78, 5) is 18.0. The Bertz CT molecular complexity index is 953. The van der Waals surface area contributed by atoms with Crippen LogP contribution in [-0.2, 0) is 4.74 Å². The number of hydrogen-bond donors (Lipinski definition) is 0. The van der Waals surface area contributed by atoms with Gasteiger partial charge in [0.25, 0.3) is 0 Å². The maximum Gasteiger partial charge on any atom is 0.419 e. The molecule has 1 aromatic heterocycles. The summed E-state index contributed by atoms with van der Waals surface area (Å²) >= 11 is 7.51. The van der Waals surface area contributed by atoms with Gasteiger partial charge in [-0.25, -0.2) is 14.3 Å². The molecule has 0 unspecified atom stereocenters. The molecule has 0 N–H and O–H groups in total. The third kappa shape index (κ3) is 4.78. The van der Waals surface area contributed by atoms with E-state index in [2.05, 4.69) is 37.9 Å². The summed E-state index contributed by atoms with van der Waals surface area (Å²) < 4.78 is 6.95. The summed E-state index contributed by atoms with van der Waals surface area (Å²) in [5.74, 6) is 1.35. The lowest BCUT2D eigenvalue weighted by Gasteiger charge is -2.17. The zero-order valence-electron chi connectivity index (χ0n) is 16.2. The molecule has 3 rings (SSSR count). The Morgan fingerprint density at radius 3 is 2.71 bits per heavy atom. The fourth-order valence-electron chi connectivity index (χ4n) is 3.06. The van der Waals surface area contributed by atoms with E-state index >= 15 is 0 Å². The highest BCUT2D eigenvalue weighted by molar-refractivity contribution is 7.99. The predicted octanol–water partition coefficient (Wildman–Crippen LogP) is 6.08. The molecule has 0 saturated carbocycles. The number of carbonyl (C=O) groups excluding carboxylic acids is 1. The number of aromatic nitrogens is 2. The summed E-state index contributed by atoms with van der Waals surface area (Å²) in [6.07, 6.45) is 2.90. The molecule has 1 heterocycles. The van der Waals surface area contributed by atoms with E-state index in [1.54, 1.807) is 24.2 Å². The third-order valence-corrected chi connectivity index (χ3v) is 5.99. The Labute approximate surface area is 174 Å². The number of hydrogen-bond acceptors (Lipinski definition) is 4. The van der Waals surface area contributed by atoms with Crippen molar-refractivity contribution in [3.8, 4) is 0 Å². The number of aryl methyl sites for hydroxylation is 1. The van der Waals surface area contributed by atoms with Crippen LogP contribution < -0.4 is 0 Å². The smallest absolute Gasteiger partial charge is 0.419 e. The molecule has 1 atom stereocenters. The summed E-state index contributed by atoms with van der Waals surface area (Å²) in [6, 6.07) is 13.8. The van der Waals surface area contributed by atoms with E-state index in [-0.39, 0.29) is 5.92 Å². The van der Waals surface area contributed by atoms with Crippen LogP contribution in [0.2, 0.25) is 5.02 Å². The second-order valence-electron chi connectivity index (χ2n) is 6.58. The average molecular weight is 415 g/mol. The highest BCUT2D eigenvalue weighted by atomic mass is 35.5. The van der Waals surface area contributed by atoms with Crippen LogP contribution in [0.3, 0.4) is 0 Å². The van der Waals surface area contributed by atoms with Crippen molar-refractivity contribution in [1.82, 2.24) is 9.55 Å². The fourth-order valence-corrected chi connectivity index (χ4v) is 3.92. The minimum absolute atomic E-state index is 0.00843. The zero-order chi connectivity index (χ0) is 20.1. The van der Waals surface area contributed by atoms with Gasteiger partial charge in [-0.15, -0.1) is 11.8 Å². The molecule has 0 aliphatic carbocycles. The molecule has 28 heavy (non-hydrogen) atoms. The molecule has 0 aliphatic rings. The van der Waals surface area contributed by atoms with Crippen LogP contribution in [0.5, 0.6) is 0 Å². The Morgan fingerprint density at radius 1 is 1.21 bits per heavy atom. The number of carbonyl (C=O) groups is 1. The maximum absolute atomic E-state index is 12.5. The first-order valence-corrected chi connectivity index (χ1v) is 10.5. The summed E-state index contributed by atoms with van der Waals surface area (Å²) in [5, 5.41) is 0.710. The van der Waals surface area contributed by atoms with Crippen LogP contribution in [0.15, 0.2) is 59.8 Å². The summed E-state index contributed by atoms with van der Waals surface area (Å²) in [5.41, 5.74) is 3.61. The minimum Gasteiger partial charge on any atom is -0.448 e. The maximum atomic E-state index is 12.5. The minimum atomic E-state index is -0.402. The van der Waals surface area contributed by atoms with Crippen molar-refractivity contribution in [2.45, 2.75) is 31.6 Å². The van der Waals surface area contributed by atoms with Gasteiger partial charge < -0.3 is 4.74 Å². The normalized spacial score (nSPS) is 12.0. The molecule has 6 heteroatoms. The van der Waals surface area contributed by atoms with Crippen molar-refractivity contribution in [3.63, 3.8) is 0 Å². The van der Waals surface area contributed by atoms with Crippen molar-refractivity contribution in [3.05, 3.63) is 82.4 Å². The van der Waals surface area contributed by atoms with Gasteiger partial charge in [0, 0.05) is 34.0 Å². The van der Waals surface area contributed by atoms with E-state index in [4.69, 9.17) is 16.3 Å². The monoisotopic (exact) mass is 414 g/mol. The van der Waals surface area contributed by atoms with Crippen molar-refractivity contribution in [1.29, 1.82) is 0 Å². The lowest BCUT2D eigenvalue weighted by Crippen LogP contribution is -2.19. The molecule has 0 aliphatic heterocycles. The highest BCUT2D eigenvalue weighted by Gasteiger charge is 2.20. The predicted molar refractivity (Wildman–Crippen MR) is 115 cm³/mol. The van der Waals surface area contributed by atoms with Crippen LogP contribution in [0, 0.1) is 13.8 Å². The number of nitrogens with zero attached hydrogens (tertiary/aromatic N) is 2. The Kier molecular flexibility index (Phi) is 6.81. The first kappa shape index (κ1) is 20.5. The van der Waals surface area contributed by atoms with Crippen molar-refractivity contribution in [2.24, 2.45) is 0 Å². The standard InChI is InChI=1S/C22H23ClN2O2S/c1-15-5-4-6-20(16(15)2)17(3)21-24-11-12-25(21)22(26)27-13-14-28-19-9-7-18(23)8-10-19/h4-12,17H,13-14H2,1-3H3/t17-/m0/s1. The van der Waals surface area contributed by atoms with Gasteiger partial charge in [0.05, 0.1) is 0 Å². The molecule has 0 amide bonds. The van der Waals surface area contributed by atoms with Crippen LogP contribution >= 0.6 is 23.4 Å². The van der Waals surface area contributed by atoms with E-state index in [9.17, 15) is 4.79 Å². The number of imidazole rings is 1. The Morgan fingerprint density at radius 2 is 1.96 bits per heavy atom. The lowest BCUT2D eigenvalue weighted by atomic mass is 9.93. The lowest BCUT2D eigenvalue weighted by molar-refractivity contribution is 0.154. The van der Waals surface area contributed by atoms with Gasteiger partial charge in [0.15, 0.2) is 0 Å². The number of benzene rings is 2. The molecule has 0 radical (unpaired) electrons. The van der Waals surface area contributed by atoms with Gasteiger partial charge in [-0.05, 0) is 54.8 Å². The largest absolute Gasteiger partial charge is 0.448 e. The third-order valence-electron chi connectivity index (χ3n) is 4.76. The number of thioether (sulfide) groups is 1. The number of halogens is 1. The molecule has 4 nitrogen and oxygen atoms in total. The van der Waals surface area contributed by atoms with Gasteiger partial charge in [0.1, 0.15) is 12.4 Å². The second kappa shape index (κ2) is 9.30. The molecule has 146 valence electrons. The molecular weight excluding hydrogens is 392 g/mol. The van der Waals surface area contributed by atoms with E-state index in [0.29, 0.717) is 23.2 Å². The van der Waals surface area contributed by atoms with Crippen molar-refractivity contribution in [2.75, 3.05) is 12.4 Å². The summed E-state index contributed by atoms with van der Waals surface area (Å²) in [7, 11) is 0. The topological polar surface area (TPSA) is 44.1 Å². The van der Waals surface area contributed by atoms with Gasteiger partial charge in [-0.2, -0.15) is 0 Å². The van der Waals surface area contributed by atoms with Gasteiger partial charge in [0.2, 0.25) is 0 Å². The van der Waals surface area contributed by atoms with E-state index in [1.807, 2.05) is 30.3 Å². The Balaban J connectivity index is 1.61. The molecule has 0 spiro atoms. The number of ether oxygens (including phenoxy) is 1. The number of rotatable bonds is 6. The van der Waals surface area contributed by atoms with Gasteiger partial charge in [-0.1, -0.05) is 36.7 Å². The first-order chi connectivity index (χ1) is 13.5. The quantitative estimate of drug-likeness (QED) is 0.362. The molecule has 2 aromatic carbocycles. The van der Waals surface area contributed by atoms with Crippen LogP contribution in [0.4, 0.5) is 4.79 Å². The van der Waals surface area contributed by atoms with Gasteiger partial charge >= 0.3 is 6.09 Å².